The van der Waals surface area contributed by atoms with Crippen molar-refractivity contribution in [3.63, 3.8) is 0 Å². The molecule has 5 nitrogen and oxygen atoms in total. The van der Waals surface area contributed by atoms with Crippen molar-refractivity contribution < 1.29 is 4.79 Å². The van der Waals surface area contributed by atoms with Crippen LogP contribution < -0.4 is 0 Å². The number of benzene rings is 1. The lowest BCUT2D eigenvalue weighted by Gasteiger charge is -2.36. The molecule has 2 aromatic heterocycles. The van der Waals surface area contributed by atoms with Gasteiger partial charge in [-0.15, -0.1) is 0 Å². The van der Waals surface area contributed by atoms with Crippen molar-refractivity contribution in [2.45, 2.75) is 32.4 Å². The zero-order valence-corrected chi connectivity index (χ0v) is 16.2. The van der Waals surface area contributed by atoms with Gasteiger partial charge in [-0.25, -0.2) is 4.98 Å². The minimum atomic E-state index is 0.130. The smallest absolute Gasteiger partial charge is 0.228 e. The van der Waals surface area contributed by atoms with Gasteiger partial charge in [-0.2, -0.15) is 0 Å². The van der Waals surface area contributed by atoms with Crippen LogP contribution in [0.4, 0.5) is 0 Å². The fraction of sp³-hybridized carbons (Fsp3) is 0.364. The zero-order valence-electron chi connectivity index (χ0n) is 16.2. The Morgan fingerprint density at radius 3 is 2.81 bits per heavy atom. The van der Waals surface area contributed by atoms with E-state index in [1.165, 1.54) is 11.1 Å². The number of carbonyl (C=O) groups excluding carboxylic acids is 1. The average Bonchev–Trinajstić information content (AvgIpc) is 3.06. The second-order valence-corrected chi connectivity index (χ2v) is 7.63. The highest BCUT2D eigenvalue weighted by Crippen LogP contribution is 2.22. The number of fused-ring (bicyclic) bond motifs is 2. The molecule has 0 fully saturated rings. The third-order valence-electron chi connectivity index (χ3n) is 5.67. The van der Waals surface area contributed by atoms with E-state index in [1.54, 1.807) is 0 Å². The normalized spacial score (nSPS) is 17.1. The molecule has 4 rings (SSSR count). The number of aryl methyl sites for hydroxylation is 1. The molecular weight excluding hydrogens is 336 g/mol. The lowest BCUT2D eigenvalue weighted by Crippen LogP contribution is -2.46. The van der Waals surface area contributed by atoms with E-state index in [4.69, 9.17) is 0 Å². The van der Waals surface area contributed by atoms with Crippen LogP contribution >= 0.6 is 0 Å². The third kappa shape index (κ3) is 3.47. The highest BCUT2D eigenvalue weighted by atomic mass is 16.2. The van der Waals surface area contributed by atoms with Gasteiger partial charge in [0.1, 0.15) is 5.65 Å². The van der Waals surface area contributed by atoms with E-state index in [0.717, 1.165) is 36.4 Å². The maximum absolute atomic E-state index is 12.8. The number of aromatic nitrogens is 2. The Kier molecular flexibility index (Phi) is 4.70. The Balaban J connectivity index is 1.44. The van der Waals surface area contributed by atoms with E-state index in [1.807, 2.05) is 47.8 Å². The quantitative estimate of drug-likeness (QED) is 0.717. The molecule has 140 valence electrons. The van der Waals surface area contributed by atoms with Gasteiger partial charge in [0.2, 0.25) is 5.91 Å². The number of imidazole rings is 1. The Morgan fingerprint density at radius 1 is 1.22 bits per heavy atom. The van der Waals surface area contributed by atoms with Crippen molar-refractivity contribution in [2.24, 2.45) is 0 Å². The summed E-state index contributed by atoms with van der Waals surface area (Å²) in [7, 11) is 4.05. The van der Waals surface area contributed by atoms with E-state index < -0.39 is 0 Å². The topological polar surface area (TPSA) is 40.9 Å². The first-order valence-corrected chi connectivity index (χ1v) is 9.45. The van der Waals surface area contributed by atoms with Crippen molar-refractivity contribution in [3.05, 3.63) is 71.2 Å². The SMILES string of the molecule is Cc1cccn2c(CC(=O)N(C)C[C@H]3Cc4ccccc4CN3C)cnc12. The number of hydrogen-bond donors (Lipinski definition) is 0. The van der Waals surface area contributed by atoms with Gasteiger partial charge in [0.25, 0.3) is 0 Å². The van der Waals surface area contributed by atoms with E-state index in [0.29, 0.717) is 12.5 Å². The molecule has 0 aliphatic carbocycles. The number of likely N-dealkylation sites (N-methyl/N-ethyl adjacent to an activating group) is 2. The first-order valence-electron chi connectivity index (χ1n) is 9.45. The first kappa shape index (κ1) is 17.7. The van der Waals surface area contributed by atoms with Gasteiger partial charge in [0.05, 0.1) is 12.1 Å². The van der Waals surface area contributed by atoms with E-state index >= 15 is 0 Å². The predicted octanol–water partition coefficient (Wildman–Crippen LogP) is 2.70. The van der Waals surface area contributed by atoms with E-state index in [2.05, 4.69) is 41.2 Å². The predicted molar refractivity (Wildman–Crippen MR) is 107 cm³/mol. The molecule has 3 aromatic rings. The Labute approximate surface area is 160 Å². The minimum Gasteiger partial charge on any atom is -0.344 e. The Hall–Kier alpha value is -2.66. The molecule has 1 aromatic carbocycles. The summed E-state index contributed by atoms with van der Waals surface area (Å²) in [6.07, 6.45) is 5.15. The van der Waals surface area contributed by atoms with Crippen molar-refractivity contribution in [3.8, 4) is 0 Å². The summed E-state index contributed by atoms with van der Waals surface area (Å²) in [6, 6.07) is 13.0. The number of nitrogens with zero attached hydrogens (tertiary/aromatic N) is 4. The maximum atomic E-state index is 12.8. The molecule has 27 heavy (non-hydrogen) atoms. The standard InChI is InChI=1S/C22H26N4O/c1-16-7-6-10-26-19(13-23-22(16)26)12-21(27)25(3)15-20-11-17-8-4-5-9-18(17)14-24(20)2/h4-10,13,20H,11-12,14-15H2,1-3H3/t20-/m1/s1. The summed E-state index contributed by atoms with van der Waals surface area (Å²) < 4.78 is 2.02. The molecule has 0 radical (unpaired) electrons. The highest BCUT2D eigenvalue weighted by molar-refractivity contribution is 5.78. The Bertz CT molecular complexity index is 977. The summed E-state index contributed by atoms with van der Waals surface area (Å²) in [5.74, 6) is 0.130. The highest BCUT2D eigenvalue weighted by Gasteiger charge is 2.25. The lowest BCUT2D eigenvalue weighted by molar-refractivity contribution is -0.130. The molecule has 0 unspecified atom stereocenters. The fourth-order valence-corrected chi connectivity index (χ4v) is 3.96. The van der Waals surface area contributed by atoms with E-state index in [-0.39, 0.29) is 5.91 Å². The summed E-state index contributed by atoms with van der Waals surface area (Å²) in [4.78, 5) is 21.5. The van der Waals surface area contributed by atoms with Gasteiger partial charge in [0, 0.05) is 38.6 Å². The molecule has 1 atom stereocenters. The van der Waals surface area contributed by atoms with Crippen molar-refractivity contribution in [1.29, 1.82) is 0 Å². The molecule has 0 N–H and O–H groups in total. The minimum absolute atomic E-state index is 0.130. The summed E-state index contributed by atoms with van der Waals surface area (Å²) in [5.41, 5.74) is 5.77. The lowest BCUT2D eigenvalue weighted by atomic mass is 9.94. The molecule has 0 spiro atoms. The van der Waals surface area contributed by atoms with Crippen LogP contribution in [0.15, 0.2) is 48.8 Å². The number of carbonyl (C=O) groups is 1. The third-order valence-corrected chi connectivity index (χ3v) is 5.67. The fourth-order valence-electron chi connectivity index (χ4n) is 3.96. The Morgan fingerprint density at radius 2 is 2.00 bits per heavy atom. The second kappa shape index (κ2) is 7.16. The maximum Gasteiger partial charge on any atom is 0.228 e. The molecule has 3 heterocycles. The largest absolute Gasteiger partial charge is 0.344 e. The molecule has 5 heteroatoms. The van der Waals surface area contributed by atoms with Crippen LogP contribution in [0.2, 0.25) is 0 Å². The van der Waals surface area contributed by atoms with Crippen LogP contribution in [0.3, 0.4) is 0 Å². The monoisotopic (exact) mass is 362 g/mol. The van der Waals surface area contributed by atoms with Gasteiger partial charge in [-0.1, -0.05) is 30.3 Å². The second-order valence-electron chi connectivity index (χ2n) is 7.63. The average molecular weight is 362 g/mol. The van der Waals surface area contributed by atoms with Crippen LogP contribution in [0, 0.1) is 6.92 Å². The summed E-state index contributed by atoms with van der Waals surface area (Å²) in [6.45, 7) is 3.71. The zero-order chi connectivity index (χ0) is 19.0. The van der Waals surface area contributed by atoms with Gasteiger partial charge in [0.15, 0.2) is 0 Å². The summed E-state index contributed by atoms with van der Waals surface area (Å²) >= 11 is 0. The van der Waals surface area contributed by atoms with Crippen molar-refractivity contribution in [2.75, 3.05) is 20.6 Å². The van der Waals surface area contributed by atoms with Gasteiger partial charge < -0.3 is 9.30 Å². The number of rotatable bonds is 4. The number of hydrogen-bond acceptors (Lipinski definition) is 3. The summed E-state index contributed by atoms with van der Waals surface area (Å²) in [5, 5.41) is 0. The van der Waals surface area contributed by atoms with Crippen LogP contribution in [-0.2, 0) is 24.2 Å². The van der Waals surface area contributed by atoms with Crippen molar-refractivity contribution >= 4 is 11.6 Å². The van der Waals surface area contributed by atoms with Gasteiger partial charge in [-0.3, -0.25) is 9.69 Å². The number of pyridine rings is 1. The first-order chi connectivity index (χ1) is 13.0. The van der Waals surface area contributed by atoms with Crippen LogP contribution in [0.5, 0.6) is 0 Å². The molecule has 1 aliphatic heterocycles. The molecular formula is C22H26N4O. The number of amides is 1. The molecule has 0 saturated carbocycles. The van der Waals surface area contributed by atoms with E-state index in [9.17, 15) is 4.79 Å². The molecule has 0 bridgehead atoms. The van der Waals surface area contributed by atoms with Crippen LogP contribution in [0.25, 0.3) is 5.65 Å². The van der Waals surface area contributed by atoms with Crippen LogP contribution in [-0.4, -0.2) is 51.8 Å². The van der Waals surface area contributed by atoms with Gasteiger partial charge >= 0.3 is 0 Å². The molecule has 1 amide bonds. The van der Waals surface area contributed by atoms with Gasteiger partial charge in [-0.05, 0) is 43.1 Å². The molecule has 0 saturated heterocycles. The van der Waals surface area contributed by atoms with Crippen LogP contribution in [0.1, 0.15) is 22.4 Å². The van der Waals surface area contributed by atoms with Crippen molar-refractivity contribution in [1.82, 2.24) is 19.2 Å². The molecule has 1 aliphatic rings.